The Kier molecular flexibility index (Phi) is 4.63. The molecule has 8 nitrogen and oxygen atoms in total. The molecule has 1 heterocycles. The largest absolute Gasteiger partial charge is 0.251 e. The van der Waals surface area contributed by atoms with Gasteiger partial charge >= 0.3 is 0 Å². The van der Waals surface area contributed by atoms with Gasteiger partial charge in [0.05, 0.1) is 11.4 Å². The molecule has 0 aliphatic rings. The predicted molar refractivity (Wildman–Crippen MR) is 79.4 cm³/mol. The van der Waals surface area contributed by atoms with E-state index in [0.717, 1.165) is 6.26 Å². The van der Waals surface area contributed by atoms with Crippen LogP contribution < -0.4 is 4.72 Å². The summed E-state index contributed by atoms with van der Waals surface area (Å²) in [6.45, 7) is 1.93. The Balaban J connectivity index is 2.28. The fourth-order valence-corrected chi connectivity index (χ4v) is 4.82. The molecule has 0 spiro atoms. The van der Waals surface area contributed by atoms with Gasteiger partial charge in [0.1, 0.15) is 17.6 Å². The molecule has 120 valence electrons. The summed E-state index contributed by atoms with van der Waals surface area (Å²) >= 11 is 0. The number of sulfone groups is 1. The smallest absolute Gasteiger partial charge is 0.242 e. The number of hydrogen-bond donors (Lipinski definition) is 1. The third-order valence-corrected chi connectivity index (χ3v) is 5.75. The third-order valence-electron chi connectivity index (χ3n) is 2.82. The van der Waals surface area contributed by atoms with E-state index in [1.54, 1.807) is 6.92 Å². The van der Waals surface area contributed by atoms with Gasteiger partial charge in [-0.3, -0.25) is 4.68 Å². The molecule has 1 atom stereocenters. The van der Waals surface area contributed by atoms with Crippen LogP contribution in [-0.2, 0) is 26.4 Å². The maximum absolute atomic E-state index is 12.4. The molecule has 10 heteroatoms. The van der Waals surface area contributed by atoms with E-state index in [-0.39, 0.29) is 16.3 Å². The van der Waals surface area contributed by atoms with Crippen LogP contribution in [0.4, 0.5) is 0 Å². The van der Waals surface area contributed by atoms with Gasteiger partial charge in [0.15, 0.2) is 9.84 Å². The van der Waals surface area contributed by atoms with Crippen LogP contribution >= 0.6 is 0 Å². The lowest BCUT2D eigenvalue weighted by Crippen LogP contribution is -2.36. The van der Waals surface area contributed by atoms with Crippen LogP contribution in [-0.4, -0.2) is 43.9 Å². The van der Waals surface area contributed by atoms with Crippen molar-refractivity contribution in [3.05, 3.63) is 36.9 Å². The first-order chi connectivity index (χ1) is 10.2. The van der Waals surface area contributed by atoms with Crippen LogP contribution in [0, 0.1) is 0 Å². The molecule has 0 fully saturated rings. The molecule has 0 radical (unpaired) electrons. The average molecular weight is 344 g/mol. The molecule has 0 aliphatic heterocycles. The van der Waals surface area contributed by atoms with Gasteiger partial charge in [0, 0.05) is 12.3 Å². The number of nitrogens with zero attached hydrogens (tertiary/aromatic N) is 3. The zero-order valence-electron chi connectivity index (χ0n) is 12.0. The molecular weight excluding hydrogens is 328 g/mol. The highest BCUT2D eigenvalue weighted by atomic mass is 32.2. The Labute approximate surface area is 129 Å². The molecule has 2 rings (SSSR count). The summed E-state index contributed by atoms with van der Waals surface area (Å²) in [5, 5.41) is 3.89. The van der Waals surface area contributed by atoms with E-state index < -0.39 is 25.9 Å². The van der Waals surface area contributed by atoms with Gasteiger partial charge in [-0.2, -0.15) is 5.10 Å². The van der Waals surface area contributed by atoms with Crippen molar-refractivity contribution in [3.8, 4) is 0 Å². The van der Waals surface area contributed by atoms with Crippen LogP contribution in [0.1, 0.15) is 6.92 Å². The zero-order valence-corrected chi connectivity index (χ0v) is 13.7. The number of hydrogen-bond acceptors (Lipinski definition) is 6. The normalized spacial score (nSPS) is 13.9. The Morgan fingerprint density at radius 3 is 2.36 bits per heavy atom. The van der Waals surface area contributed by atoms with Crippen molar-refractivity contribution in [2.75, 3.05) is 6.26 Å². The van der Waals surface area contributed by atoms with Gasteiger partial charge in [-0.1, -0.05) is 12.1 Å². The lowest BCUT2D eigenvalue weighted by Gasteiger charge is -2.15. The van der Waals surface area contributed by atoms with Gasteiger partial charge in [0.2, 0.25) is 10.0 Å². The van der Waals surface area contributed by atoms with Gasteiger partial charge in [0.25, 0.3) is 0 Å². The number of nitrogens with one attached hydrogen (secondary N) is 1. The van der Waals surface area contributed by atoms with E-state index in [0.29, 0.717) is 0 Å². The molecule has 22 heavy (non-hydrogen) atoms. The Hall–Kier alpha value is -1.78. The predicted octanol–water partition coefficient (Wildman–Crippen LogP) is 0.0486. The maximum atomic E-state index is 12.4. The second-order valence-electron chi connectivity index (χ2n) is 4.86. The standard InChI is InChI=1S/C12H16N4O4S2/c1-10(7-16-9-13-8-14-16)15-22(19,20)12-6-4-3-5-11(12)21(2,17)18/h3-6,8-10,15H,7H2,1-2H3/t10-/m1/s1. The topological polar surface area (TPSA) is 111 Å². The number of sulfonamides is 1. The highest BCUT2D eigenvalue weighted by Crippen LogP contribution is 2.20. The van der Waals surface area contributed by atoms with E-state index in [1.807, 2.05) is 0 Å². The SMILES string of the molecule is C[C@H](Cn1cncn1)NS(=O)(=O)c1ccccc1S(C)(=O)=O. The molecule has 2 aromatic rings. The molecule has 0 amide bonds. The maximum Gasteiger partial charge on any atom is 0.242 e. The number of rotatable bonds is 6. The molecule has 0 saturated heterocycles. The fraction of sp³-hybridized carbons (Fsp3) is 0.333. The molecule has 0 bridgehead atoms. The second kappa shape index (κ2) is 6.15. The number of benzene rings is 1. The van der Waals surface area contributed by atoms with Gasteiger partial charge < -0.3 is 0 Å². The average Bonchev–Trinajstić information content (AvgIpc) is 2.89. The van der Waals surface area contributed by atoms with Crippen molar-refractivity contribution in [2.24, 2.45) is 0 Å². The highest BCUT2D eigenvalue weighted by Gasteiger charge is 2.25. The summed E-state index contributed by atoms with van der Waals surface area (Å²) in [5.74, 6) is 0. The lowest BCUT2D eigenvalue weighted by molar-refractivity contribution is 0.492. The minimum absolute atomic E-state index is 0.226. The first kappa shape index (κ1) is 16.6. The zero-order chi connectivity index (χ0) is 16.4. The van der Waals surface area contributed by atoms with Gasteiger partial charge in [-0.05, 0) is 19.1 Å². The minimum atomic E-state index is -3.97. The van der Waals surface area contributed by atoms with Crippen LogP contribution in [0.25, 0.3) is 0 Å². The van der Waals surface area contributed by atoms with Crippen molar-refractivity contribution in [3.63, 3.8) is 0 Å². The van der Waals surface area contributed by atoms with E-state index in [9.17, 15) is 16.8 Å². The molecule has 0 aliphatic carbocycles. The summed E-state index contributed by atoms with van der Waals surface area (Å²) < 4.78 is 52.2. The second-order valence-corrected chi connectivity index (χ2v) is 8.53. The summed E-state index contributed by atoms with van der Waals surface area (Å²) in [4.78, 5) is 3.28. The first-order valence-corrected chi connectivity index (χ1v) is 9.71. The van der Waals surface area contributed by atoms with Gasteiger partial charge in [-0.25, -0.2) is 26.5 Å². The number of aromatic nitrogens is 3. The quantitative estimate of drug-likeness (QED) is 0.792. The molecule has 1 aromatic heterocycles. The lowest BCUT2D eigenvalue weighted by atomic mass is 10.4. The molecule has 1 aromatic carbocycles. The van der Waals surface area contributed by atoms with Crippen LogP contribution in [0.2, 0.25) is 0 Å². The van der Waals surface area contributed by atoms with Gasteiger partial charge in [-0.15, -0.1) is 0 Å². The fourth-order valence-electron chi connectivity index (χ4n) is 1.95. The summed E-state index contributed by atoms with van der Waals surface area (Å²) in [6, 6.07) is 5.01. The van der Waals surface area contributed by atoms with Crippen molar-refractivity contribution in [1.29, 1.82) is 0 Å². The van der Waals surface area contributed by atoms with Crippen LogP contribution in [0.5, 0.6) is 0 Å². The molecule has 0 saturated carbocycles. The molecule has 1 N–H and O–H groups in total. The Bertz CT molecular complexity index is 845. The van der Waals surface area contributed by atoms with Crippen LogP contribution in [0.3, 0.4) is 0 Å². The Morgan fingerprint density at radius 1 is 1.18 bits per heavy atom. The van der Waals surface area contributed by atoms with Crippen LogP contribution in [0.15, 0.2) is 46.7 Å². The van der Waals surface area contributed by atoms with Crippen molar-refractivity contribution < 1.29 is 16.8 Å². The Morgan fingerprint density at radius 2 is 1.82 bits per heavy atom. The summed E-state index contributed by atoms with van der Waals surface area (Å²) in [7, 11) is -7.62. The summed E-state index contributed by atoms with van der Waals surface area (Å²) in [5.41, 5.74) is 0. The first-order valence-electron chi connectivity index (χ1n) is 6.34. The van der Waals surface area contributed by atoms with Crippen molar-refractivity contribution in [2.45, 2.75) is 29.3 Å². The van der Waals surface area contributed by atoms with E-state index >= 15 is 0 Å². The molecular formula is C12H16N4O4S2. The highest BCUT2D eigenvalue weighted by molar-refractivity contribution is 7.93. The monoisotopic (exact) mass is 344 g/mol. The van der Waals surface area contributed by atoms with E-state index in [4.69, 9.17) is 0 Å². The molecule has 0 unspecified atom stereocenters. The van der Waals surface area contributed by atoms with Crippen molar-refractivity contribution in [1.82, 2.24) is 19.5 Å². The van der Waals surface area contributed by atoms with E-state index in [1.165, 1.54) is 41.6 Å². The summed E-state index contributed by atoms with van der Waals surface area (Å²) in [6.07, 6.45) is 3.79. The minimum Gasteiger partial charge on any atom is -0.251 e. The van der Waals surface area contributed by atoms with Crippen molar-refractivity contribution >= 4 is 19.9 Å². The third kappa shape index (κ3) is 3.90. The van der Waals surface area contributed by atoms with E-state index in [2.05, 4.69) is 14.8 Å².